The maximum atomic E-state index is 12.5. The number of amides is 2. The van der Waals surface area contributed by atoms with Crippen LogP contribution in [0, 0.1) is 0 Å². The highest BCUT2D eigenvalue weighted by Gasteiger charge is 2.47. The molecule has 0 radical (unpaired) electrons. The van der Waals surface area contributed by atoms with Gasteiger partial charge in [0.25, 0.3) is 0 Å². The molecule has 1 aromatic rings. The number of fused-ring (bicyclic) bond motifs is 1. The Labute approximate surface area is 117 Å². The van der Waals surface area contributed by atoms with Crippen molar-refractivity contribution in [3.8, 4) is 0 Å². The highest BCUT2D eigenvalue weighted by molar-refractivity contribution is 8.02. The Kier molecular flexibility index (Phi) is 3.85. The predicted molar refractivity (Wildman–Crippen MR) is 77.3 cm³/mol. The van der Waals surface area contributed by atoms with Crippen LogP contribution >= 0.6 is 11.8 Å². The van der Waals surface area contributed by atoms with E-state index in [0.29, 0.717) is 13.1 Å². The Balaban J connectivity index is 2.35. The Morgan fingerprint density at radius 3 is 2.58 bits per heavy atom. The molecule has 4 nitrogen and oxygen atoms in total. The first kappa shape index (κ1) is 13.9. The van der Waals surface area contributed by atoms with Crippen LogP contribution in [-0.2, 0) is 9.59 Å². The van der Waals surface area contributed by atoms with Crippen LogP contribution in [0.2, 0.25) is 0 Å². The summed E-state index contributed by atoms with van der Waals surface area (Å²) in [7, 11) is 0. The molecule has 1 aromatic carbocycles. The van der Waals surface area contributed by atoms with E-state index in [4.69, 9.17) is 0 Å². The molecule has 1 aliphatic heterocycles. The molecule has 0 bridgehead atoms. The summed E-state index contributed by atoms with van der Waals surface area (Å²) in [6.45, 7) is 6.76. The number of rotatable bonds is 3. The van der Waals surface area contributed by atoms with Crippen LogP contribution in [0.3, 0.4) is 0 Å². The fraction of sp³-hybridized carbons (Fsp3) is 0.429. The van der Waals surface area contributed by atoms with Gasteiger partial charge in [0.1, 0.15) is 0 Å². The molecule has 1 unspecified atom stereocenters. The van der Waals surface area contributed by atoms with E-state index in [-0.39, 0.29) is 11.8 Å². The maximum Gasteiger partial charge on any atom is 0.250 e. The van der Waals surface area contributed by atoms with Crippen molar-refractivity contribution in [3.63, 3.8) is 0 Å². The number of anilines is 1. The number of nitrogens with zero attached hydrogens (tertiary/aromatic N) is 1. The SMILES string of the molecule is CCN(CC)C(=O)C1(C)Sc2ccccc2NC1=O. The summed E-state index contributed by atoms with van der Waals surface area (Å²) in [4.78, 5) is 27.5. The van der Waals surface area contributed by atoms with Gasteiger partial charge in [0.2, 0.25) is 11.8 Å². The first-order valence-corrected chi connectivity index (χ1v) is 7.23. The Morgan fingerprint density at radius 2 is 1.95 bits per heavy atom. The quantitative estimate of drug-likeness (QED) is 0.864. The second-order valence-corrected chi connectivity index (χ2v) is 6.02. The van der Waals surface area contributed by atoms with Gasteiger partial charge in [0.15, 0.2) is 4.75 Å². The second-order valence-electron chi connectivity index (χ2n) is 4.56. The highest BCUT2D eigenvalue weighted by atomic mass is 32.2. The van der Waals surface area contributed by atoms with Crippen molar-refractivity contribution in [1.82, 2.24) is 4.90 Å². The lowest BCUT2D eigenvalue weighted by Gasteiger charge is -2.35. The lowest BCUT2D eigenvalue weighted by atomic mass is 10.1. The van der Waals surface area contributed by atoms with Crippen LogP contribution in [0.1, 0.15) is 20.8 Å². The number of hydrogen-bond donors (Lipinski definition) is 1. The Morgan fingerprint density at radius 1 is 1.32 bits per heavy atom. The molecule has 2 rings (SSSR count). The summed E-state index contributed by atoms with van der Waals surface area (Å²) in [6.07, 6.45) is 0. The summed E-state index contributed by atoms with van der Waals surface area (Å²) in [5, 5.41) is 2.83. The van der Waals surface area contributed by atoms with E-state index in [2.05, 4.69) is 5.32 Å². The smallest absolute Gasteiger partial charge is 0.250 e. The number of hydrogen-bond acceptors (Lipinski definition) is 3. The minimum Gasteiger partial charge on any atom is -0.342 e. The lowest BCUT2D eigenvalue weighted by Crippen LogP contribution is -2.53. The number of thioether (sulfide) groups is 1. The molecule has 0 fully saturated rings. The van der Waals surface area contributed by atoms with Crippen molar-refractivity contribution in [2.75, 3.05) is 18.4 Å². The molecule has 0 aliphatic carbocycles. The first-order valence-electron chi connectivity index (χ1n) is 6.41. The summed E-state index contributed by atoms with van der Waals surface area (Å²) in [6, 6.07) is 7.55. The molecule has 0 saturated heterocycles. The zero-order valence-electron chi connectivity index (χ0n) is 11.4. The third kappa shape index (κ3) is 2.34. The fourth-order valence-electron chi connectivity index (χ4n) is 2.12. The monoisotopic (exact) mass is 278 g/mol. The number of carbonyl (C=O) groups excluding carboxylic acids is 2. The number of carbonyl (C=O) groups is 2. The fourth-order valence-corrected chi connectivity index (χ4v) is 3.30. The van der Waals surface area contributed by atoms with E-state index in [1.54, 1.807) is 11.8 Å². The van der Waals surface area contributed by atoms with Gasteiger partial charge in [-0.1, -0.05) is 23.9 Å². The van der Waals surface area contributed by atoms with Gasteiger partial charge < -0.3 is 10.2 Å². The van der Waals surface area contributed by atoms with Crippen LogP contribution < -0.4 is 5.32 Å². The minimum atomic E-state index is -1.08. The largest absolute Gasteiger partial charge is 0.342 e. The molecule has 0 saturated carbocycles. The molecule has 0 spiro atoms. The van der Waals surface area contributed by atoms with E-state index in [1.165, 1.54) is 11.8 Å². The van der Waals surface area contributed by atoms with E-state index < -0.39 is 4.75 Å². The third-order valence-corrected chi connectivity index (χ3v) is 4.69. The van der Waals surface area contributed by atoms with Crippen molar-refractivity contribution >= 4 is 29.3 Å². The van der Waals surface area contributed by atoms with Gasteiger partial charge in [-0.15, -0.1) is 0 Å². The molecular weight excluding hydrogens is 260 g/mol. The molecule has 1 aliphatic rings. The molecule has 102 valence electrons. The van der Waals surface area contributed by atoms with E-state index >= 15 is 0 Å². The first-order chi connectivity index (χ1) is 9.02. The number of nitrogens with one attached hydrogen (secondary N) is 1. The minimum absolute atomic E-state index is 0.130. The highest BCUT2D eigenvalue weighted by Crippen LogP contribution is 2.43. The number of para-hydroxylation sites is 1. The van der Waals surface area contributed by atoms with Crippen molar-refractivity contribution in [3.05, 3.63) is 24.3 Å². The molecular formula is C14H18N2O2S. The van der Waals surface area contributed by atoms with Crippen molar-refractivity contribution in [2.45, 2.75) is 30.4 Å². The molecule has 1 heterocycles. The zero-order chi connectivity index (χ0) is 14.0. The lowest BCUT2D eigenvalue weighted by molar-refractivity contribution is -0.137. The standard InChI is InChI=1S/C14H18N2O2S/c1-4-16(5-2)13(18)14(3)12(17)15-10-8-6-7-9-11(10)19-14/h6-9H,4-5H2,1-3H3,(H,15,17). The average Bonchev–Trinajstić information content (AvgIpc) is 2.41. The summed E-state index contributed by atoms with van der Waals surface area (Å²) in [5.41, 5.74) is 0.780. The van der Waals surface area contributed by atoms with Gasteiger partial charge in [0, 0.05) is 18.0 Å². The van der Waals surface area contributed by atoms with Crippen molar-refractivity contribution in [1.29, 1.82) is 0 Å². The van der Waals surface area contributed by atoms with Crippen molar-refractivity contribution < 1.29 is 9.59 Å². The van der Waals surface area contributed by atoms with Crippen LogP contribution in [0.4, 0.5) is 5.69 Å². The topological polar surface area (TPSA) is 49.4 Å². The van der Waals surface area contributed by atoms with Crippen LogP contribution in [-0.4, -0.2) is 34.6 Å². The molecule has 1 N–H and O–H groups in total. The summed E-state index contributed by atoms with van der Waals surface area (Å²) in [5.74, 6) is -0.373. The van der Waals surface area contributed by atoms with E-state index in [0.717, 1.165) is 10.6 Å². The molecule has 0 aromatic heterocycles. The van der Waals surface area contributed by atoms with Crippen LogP contribution in [0.15, 0.2) is 29.2 Å². The average molecular weight is 278 g/mol. The number of benzene rings is 1. The van der Waals surface area contributed by atoms with E-state index in [1.807, 2.05) is 38.1 Å². The van der Waals surface area contributed by atoms with Crippen LogP contribution in [0.25, 0.3) is 0 Å². The summed E-state index contributed by atoms with van der Waals surface area (Å²) < 4.78 is -1.08. The molecule has 2 amide bonds. The molecule has 19 heavy (non-hydrogen) atoms. The van der Waals surface area contributed by atoms with Gasteiger partial charge in [-0.3, -0.25) is 9.59 Å². The van der Waals surface area contributed by atoms with Gasteiger partial charge in [0.05, 0.1) is 5.69 Å². The van der Waals surface area contributed by atoms with Crippen LogP contribution in [0.5, 0.6) is 0 Å². The molecule has 1 atom stereocenters. The van der Waals surface area contributed by atoms with E-state index in [9.17, 15) is 9.59 Å². The normalized spacial score (nSPS) is 21.5. The third-order valence-electron chi connectivity index (χ3n) is 3.34. The van der Waals surface area contributed by atoms with Gasteiger partial charge in [-0.25, -0.2) is 0 Å². The van der Waals surface area contributed by atoms with Gasteiger partial charge >= 0.3 is 0 Å². The summed E-state index contributed by atoms with van der Waals surface area (Å²) >= 11 is 1.33. The van der Waals surface area contributed by atoms with Gasteiger partial charge in [-0.2, -0.15) is 0 Å². The maximum absolute atomic E-state index is 12.5. The second kappa shape index (κ2) is 5.25. The van der Waals surface area contributed by atoms with Gasteiger partial charge in [-0.05, 0) is 32.9 Å². The molecule has 5 heteroatoms. The zero-order valence-corrected chi connectivity index (χ0v) is 12.2. The Bertz CT molecular complexity index is 514. The van der Waals surface area contributed by atoms with Crippen molar-refractivity contribution in [2.24, 2.45) is 0 Å². The predicted octanol–water partition coefficient (Wildman–Crippen LogP) is 2.36. The Hall–Kier alpha value is -1.49.